The molecule has 0 aromatic carbocycles. The third kappa shape index (κ3) is 8.57. The van der Waals surface area contributed by atoms with Gasteiger partial charge in [0, 0.05) is 37.4 Å². The molecule has 22 heavy (non-hydrogen) atoms. The number of esters is 1. The van der Waals surface area contributed by atoms with E-state index in [2.05, 4.69) is 40.1 Å². The second kappa shape index (κ2) is 12.7. The van der Waals surface area contributed by atoms with Gasteiger partial charge in [0.2, 0.25) is 0 Å². The minimum Gasteiger partial charge on any atom is -0.466 e. The Balaban J connectivity index is 0.00000441. The SMILES string of the molecule is CCOC(=O)CCCNC(=NC)NCC(C)c1cccs1.I. The van der Waals surface area contributed by atoms with Gasteiger partial charge in [-0.15, -0.1) is 35.3 Å². The van der Waals surface area contributed by atoms with Crippen molar-refractivity contribution in [3.05, 3.63) is 22.4 Å². The van der Waals surface area contributed by atoms with Crippen LogP contribution in [0.2, 0.25) is 0 Å². The number of hydrogen-bond acceptors (Lipinski definition) is 4. The van der Waals surface area contributed by atoms with Gasteiger partial charge in [-0.05, 0) is 24.8 Å². The summed E-state index contributed by atoms with van der Waals surface area (Å²) >= 11 is 1.77. The first kappa shape index (κ1) is 21.2. The zero-order chi connectivity index (χ0) is 15.5. The van der Waals surface area contributed by atoms with Crippen molar-refractivity contribution in [1.29, 1.82) is 0 Å². The highest BCUT2D eigenvalue weighted by atomic mass is 127. The zero-order valence-electron chi connectivity index (χ0n) is 13.4. The molecule has 0 amide bonds. The molecule has 0 fully saturated rings. The van der Waals surface area contributed by atoms with Crippen LogP contribution in [0.15, 0.2) is 22.5 Å². The largest absolute Gasteiger partial charge is 0.466 e. The van der Waals surface area contributed by atoms with Crippen molar-refractivity contribution in [2.24, 2.45) is 4.99 Å². The van der Waals surface area contributed by atoms with E-state index in [-0.39, 0.29) is 29.9 Å². The molecule has 7 heteroatoms. The second-order valence-corrected chi connectivity index (χ2v) is 5.68. The summed E-state index contributed by atoms with van der Waals surface area (Å²) in [5.41, 5.74) is 0. The Morgan fingerprint density at radius 3 is 2.82 bits per heavy atom. The van der Waals surface area contributed by atoms with Gasteiger partial charge in [-0.1, -0.05) is 13.0 Å². The lowest BCUT2D eigenvalue weighted by Crippen LogP contribution is -2.39. The average molecular weight is 439 g/mol. The molecule has 1 unspecified atom stereocenters. The third-order valence-electron chi connectivity index (χ3n) is 2.98. The Morgan fingerprint density at radius 1 is 1.45 bits per heavy atom. The van der Waals surface area contributed by atoms with Crippen LogP contribution in [0.5, 0.6) is 0 Å². The molecule has 1 aromatic rings. The predicted octanol–water partition coefficient (Wildman–Crippen LogP) is 2.98. The monoisotopic (exact) mass is 439 g/mol. The standard InChI is InChI=1S/C15H25N3O2S.HI/c1-4-20-14(19)8-5-9-17-15(16-3)18-11-12(2)13-7-6-10-21-13;/h6-7,10,12H,4-5,8-9,11H2,1-3H3,(H2,16,17,18);1H. The molecule has 0 aliphatic carbocycles. The van der Waals surface area contributed by atoms with Crippen molar-refractivity contribution in [2.45, 2.75) is 32.6 Å². The molecule has 1 aromatic heterocycles. The van der Waals surface area contributed by atoms with Crippen LogP contribution in [0, 0.1) is 0 Å². The number of thiophene rings is 1. The normalized spacial score (nSPS) is 12.2. The van der Waals surface area contributed by atoms with Gasteiger partial charge in [-0.3, -0.25) is 9.79 Å². The van der Waals surface area contributed by atoms with Gasteiger partial charge in [-0.2, -0.15) is 0 Å². The number of carbonyl (C=O) groups is 1. The van der Waals surface area contributed by atoms with E-state index in [1.54, 1.807) is 18.4 Å². The molecule has 1 atom stereocenters. The summed E-state index contributed by atoms with van der Waals surface area (Å²) in [5.74, 6) is 1.07. The van der Waals surface area contributed by atoms with E-state index in [1.165, 1.54) is 4.88 Å². The summed E-state index contributed by atoms with van der Waals surface area (Å²) in [4.78, 5) is 16.7. The Hall–Kier alpha value is -0.830. The number of rotatable bonds is 8. The highest BCUT2D eigenvalue weighted by Crippen LogP contribution is 2.19. The van der Waals surface area contributed by atoms with E-state index < -0.39 is 0 Å². The maximum atomic E-state index is 11.2. The predicted molar refractivity (Wildman–Crippen MR) is 103 cm³/mol. The highest BCUT2D eigenvalue weighted by molar-refractivity contribution is 14.0. The minimum absolute atomic E-state index is 0. The lowest BCUT2D eigenvalue weighted by molar-refractivity contribution is -0.143. The van der Waals surface area contributed by atoms with Gasteiger partial charge in [0.05, 0.1) is 6.61 Å². The first-order chi connectivity index (χ1) is 10.2. The topological polar surface area (TPSA) is 62.7 Å². The maximum absolute atomic E-state index is 11.2. The highest BCUT2D eigenvalue weighted by Gasteiger charge is 2.07. The molecule has 1 heterocycles. The molecule has 126 valence electrons. The van der Waals surface area contributed by atoms with Crippen molar-refractivity contribution in [3.63, 3.8) is 0 Å². The zero-order valence-corrected chi connectivity index (χ0v) is 16.6. The summed E-state index contributed by atoms with van der Waals surface area (Å²) in [6.07, 6.45) is 1.17. The number of carbonyl (C=O) groups excluding carboxylic acids is 1. The first-order valence-corrected chi connectivity index (χ1v) is 8.18. The Kier molecular flexibility index (Phi) is 12.2. The van der Waals surface area contributed by atoms with Crippen molar-refractivity contribution in [1.82, 2.24) is 10.6 Å². The van der Waals surface area contributed by atoms with Crippen LogP contribution in [0.3, 0.4) is 0 Å². The summed E-state index contributed by atoms with van der Waals surface area (Å²) in [6.45, 7) is 5.98. The fraction of sp³-hybridized carbons (Fsp3) is 0.600. The molecule has 0 radical (unpaired) electrons. The maximum Gasteiger partial charge on any atom is 0.305 e. The molecular weight excluding hydrogens is 413 g/mol. The molecule has 0 aliphatic heterocycles. The summed E-state index contributed by atoms with van der Waals surface area (Å²) in [5, 5.41) is 8.59. The summed E-state index contributed by atoms with van der Waals surface area (Å²) in [6, 6.07) is 4.21. The quantitative estimate of drug-likeness (QED) is 0.215. The fourth-order valence-corrected chi connectivity index (χ4v) is 2.60. The van der Waals surface area contributed by atoms with Crippen LogP contribution in [-0.2, 0) is 9.53 Å². The number of guanidine groups is 1. The fourth-order valence-electron chi connectivity index (χ4n) is 1.82. The molecule has 0 spiro atoms. The Bertz CT molecular complexity index is 438. The van der Waals surface area contributed by atoms with Crippen LogP contribution in [0.25, 0.3) is 0 Å². The molecule has 0 saturated heterocycles. The van der Waals surface area contributed by atoms with Crippen molar-refractivity contribution in [3.8, 4) is 0 Å². The number of hydrogen-bond donors (Lipinski definition) is 2. The molecule has 1 rings (SSSR count). The number of ether oxygens (including phenoxy) is 1. The Labute approximate surface area is 154 Å². The molecule has 0 saturated carbocycles. The number of aliphatic imine (C=N–C) groups is 1. The number of halogens is 1. The molecular formula is C15H26IN3O2S. The van der Waals surface area contributed by atoms with Crippen LogP contribution < -0.4 is 10.6 Å². The molecule has 5 nitrogen and oxygen atoms in total. The molecule has 0 bridgehead atoms. The van der Waals surface area contributed by atoms with E-state index in [0.717, 1.165) is 18.9 Å². The number of nitrogens with one attached hydrogen (secondary N) is 2. The average Bonchev–Trinajstić information content (AvgIpc) is 3.01. The van der Waals surface area contributed by atoms with Gasteiger partial charge in [0.15, 0.2) is 5.96 Å². The molecule has 2 N–H and O–H groups in total. The van der Waals surface area contributed by atoms with Crippen molar-refractivity contribution >= 4 is 47.2 Å². The smallest absolute Gasteiger partial charge is 0.305 e. The van der Waals surface area contributed by atoms with Crippen molar-refractivity contribution < 1.29 is 9.53 Å². The van der Waals surface area contributed by atoms with Crippen molar-refractivity contribution in [2.75, 3.05) is 26.7 Å². The van der Waals surface area contributed by atoms with Gasteiger partial charge >= 0.3 is 5.97 Å². The molecule has 0 aliphatic rings. The Morgan fingerprint density at radius 2 is 2.23 bits per heavy atom. The van der Waals surface area contributed by atoms with Gasteiger partial charge in [0.1, 0.15) is 0 Å². The van der Waals surface area contributed by atoms with E-state index >= 15 is 0 Å². The van der Waals surface area contributed by atoms with E-state index in [4.69, 9.17) is 4.74 Å². The lowest BCUT2D eigenvalue weighted by Gasteiger charge is -2.15. The van der Waals surface area contributed by atoms with Gasteiger partial charge in [0.25, 0.3) is 0 Å². The lowest BCUT2D eigenvalue weighted by atomic mass is 10.1. The van der Waals surface area contributed by atoms with E-state index in [9.17, 15) is 4.79 Å². The first-order valence-electron chi connectivity index (χ1n) is 7.30. The van der Waals surface area contributed by atoms with Crippen LogP contribution in [0.4, 0.5) is 0 Å². The van der Waals surface area contributed by atoms with Crippen LogP contribution in [0.1, 0.15) is 37.5 Å². The third-order valence-corrected chi connectivity index (χ3v) is 4.09. The summed E-state index contributed by atoms with van der Waals surface area (Å²) in [7, 11) is 1.75. The van der Waals surface area contributed by atoms with Gasteiger partial charge in [-0.25, -0.2) is 0 Å². The summed E-state index contributed by atoms with van der Waals surface area (Å²) < 4.78 is 4.88. The van der Waals surface area contributed by atoms with Gasteiger partial charge < -0.3 is 15.4 Å². The second-order valence-electron chi connectivity index (χ2n) is 4.70. The van der Waals surface area contributed by atoms with Crippen LogP contribution in [-0.4, -0.2) is 38.7 Å². The number of nitrogens with zero attached hydrogens (tertiary/aromatic N) is 1. The van der Waals surface area contributed by atoms with E-state index in [1.807, 2.05) is 6.92 Å². The van der Waals surface area contributed by atoms with Crippen LogP contribution >= 0.6 is 35.3 Å². The van der Waals surface area contributed by atoms with E-state index in [0.29, 0.717) is 25.5 Å². The minimum atomic E-state index is -0.145.